The Labute approximate surface area is 155 Å². The number of aromatic nitrogens is 2. The number of aromatic carboxylic acids is 1. The first-order chi connectivity index (χ1) is 13.1. The van der Waals surface area contributed by atoms with Crippen molar-refractivity contribution in [3.63, 3.8) is 0 Å². The van der Waals surface area contributed by atoms with E-state index in [4.69, 9.17) is 0 Å². The maximum atomic E-state index is 13.2. The van der Waals surface area contributed by atoms with Gasteiger partial charge in [-0.05, 0) is 60.7 Å². The normalized spacial score (nSPS) is 21.1. The van der Waals surface area contributed by atoms with E-state index in [1.165, 1.54) is 5.56 Å². The fourth-order valence-electron chi connectivity index (χ4n) is 4.64. The minimum Gasteiger partial charge on any atom is -0.478 e. The van der Waals surface area contributed by atoms with Crippen molar-refractivity contribution in [3.8, 4) is 0 Å². The summed E-state index contributed by atoms with van der Waals surface area (Å²) < 4.78 is 0. The summed E-state index contributed by atoms with van der Waals surface area (Å²) in [6.45, 7) is 0.737. The zero-order valence-electron chi connectivity index (χ0n) is 14.7. The number of carbonyl (C=O) groups excluding carboxylic acids is 1. The molecule has 1 aliphatic carbocycles. The quantitative estimate of drug-likeness (QED) is 0.734. The third-order valence-corrected chi connectivity index (χ3v) is 5.93. The van der Waals surface area contributed by atoms with Gasteiger partial charge in [-0.3, -0.25) is 4.79 Å². The molecular weight excluding hydrogens is 342 g/mol. The smallest absolute Gasteiger partial charge is 0.335 e. The van der Waals surface area contributed by atoms with Crippen LogP contribution in [-0.4, -0.2) is 44.4 Å². The van der Waals surface area contributed by atoms with Crippen molar-refractivity contribution < 1.29 is 14.7 Å². The van der Waals surface area contributed by atoms with E-state index in [-0.39, 0.29) is 17.9 Å². The molecule has 0 unspecified atom stereocenters. The second-order valence-corrected chi connectivity index (χ2v) is 7.37. The number of H-pyrrole nitrogens is 1. The summed E-state index contributed by atoms with van der Waals surface area (Å²) in [5, 5.41) is 9.30. The van der Waals surface area contributed by atoms with Crippen LogP contribution in [0.4, 0.5) is 0 Å². The zero-order chi connectivity index (χ0) is 18.5. The minimum absolute atomic E-state index is 0.0347. The number of carboxylic acid groups (broad SMARTS) is 1. The molecule has 0 bridgehead atoms. The van der Waals surface area contributed by atoms with Crippen LogP contribution in [0.1, 0.15) is 50.6 Å². The van der Waals surface area contributed by atoms with E-state index < -0.39 is 5.97 Å². The molecule has 6 heteroatoms. The van der Waals surface area contributed by atoms with Gasteiger partial charge in [-0.2, -0.15) is 0 Å². The Morgan fingerprint density at radius 2 is 2.00 bits per heavy atom. The molecule has 0 spiro atoms. The van der Waals surface area contributed by atoms with Crippen LogP contribution in [0.25, 0.3) is 11.0 Å². The first-order valence-electron chi connectivity index (χ1n) is 9.22. The summed E-state index contributed by atoms with van der Waals surface area (Å²) >= 11 is 0. The van der Waals surface area contributed by atoms with Crippen LogP contribution in [0.15, 0.2) is 42.7 Å². The minimum atomic E-state index is -0.905. The number of amides is 1. The second kappa shape index (κ2) is 5.94. The third kappa shape index (κ3) is 2.51. The number of carboxylic acids is 1. The molecule has 0 radical (unpaired) electrons. The molecule has 1 fully saturated rings. The van der Waals surface area contributed by atoms with Gasteiger partial charge in [-0.15, -0.1) is 0 Å². The summed E-state index contributed by atoms with van der Waals surface area (Å²) in [4.78, 5) is 33.8. The fourth-order valence-corrected chi connectivity index (χ4v) is 4.64. The van der Waals surface area contributed by atoms with Gasteiger partial charge in [0, 0.05) is 24.1 Å². The first kappa shape index (κ1) is 16.1. The average molecular weight is 361 g/mol. The van der Waals surface area contributed by atoms with E-state index >= 15 is 0 Å². The lowest BCUT2D eigenvalue weighted by Gasteiger charge is -2.38. The number of fused-ring (bicyclic) bond motifs is 4. The van der Waals surface area contributed by atoms with Gasteiger partial charge in [-0.1, -0.05) is 6.07 Å². The molecule has 2 aromatic carbocycles. The number of carbonyl (C=O) groups is 2. The molecule has 3 aromatic rings. The Bertz CT molecular complexity index is 1070. The Hall–Kier alpha value is -3.15. The van der Waals surface area contributed by atoms with E-state index in [0.29, 0.717) is 11.1 Å². The van der Waals surface area contributed by atoms with Crippen molar-refractivity contribution in [1.29, 1.82) is 0 Å². The fraction of sp³-hybridized carbons (Fsp3) is 0.286. The molecule has 2 N–H and O–H groups in total. The number of piperidine rings is 1. The number of hydrogen-bond acceptors (Lipinski definition) is 3. The predicted molar refractivity (Wildman–Crippen MR) is 100.0 cm³/mol. The number of aromatic amines is 1. The number of nitrogens with zero attached hydrogens (tertiary/aromatic N) is 2. The predicted octanol–water partition coefficient (Wildman–Crippen LogP) is 3.21. The van der Waals surface area contributed by atoms with Gasteiger partial charge in [-0.25, -0.2) is 9.78 Å². The van der Waals surface area contributed by atoms with E-state index in [0.717, 1.165) is 42.4 Å². The van der Waals surface area contributed by atoms with Crippen molar-refractivity contribution in [1.82, 2.24) is 14.9 Å². The lowest BCUT2D eigenvalue weighted by Crippen LogP contribution is -2.46. The van der Waals surface area contributed by atoms with Gasteiger partial charge in [0.25, 0.3) is 5.91 Å². The van der Waals surface area contributed by atoms with Gasteiger partial charge in [0.05, 0.1) is 22.9 Å². The summed E-state index contributed by atoms with van der Waals surface area (Å²) in [5.74, 6) is -0.654. The second-order valence-electron chi connectivity index (χ2n) is 7.37. The van der Waals surface area contributed by atoms with Gasteiger partial charge < -0.3 is 15.0 Å². The highest BCUT2D eigenvalue weighted by molar-refractivity contribution is 5.97. The molecule has 27 heavy (non-hydrogen) atoms. The highest BCUT2D eigenvalue weighted by atomic mass is 16.4. The molecule has 1 amide bonds. The number of likely N-dealkylation sites (tertiary alicyclic amines) is 1. The average Bonchev–Trinajstić information content (AvgIpc) is 3.30. The Morgan fingerprint density at radius 3 is 2.85 bits per heavy atom. The zero-order valence-corrected chi connectivity index (χ0v) is 14.7. The molecule has 6 nitrogen and oxygen atoms in total. The van der Waals surface area contributed by atoms with Crippen LogP contribution in [0, 0.1) is 0 Å². The molecule has 0 saturated carbocycles. The van der Waals surface area contributed by atoms with Crippen molar-refractivity contribution >= 4 is 22.9 Å². The first-order valence-corrected chi connectivity index (χ1v) is 9.22. The van der Waals surface area contributed by atoms with Gasteiger partial charge in [0.15, 0.2) is 0 Å². The third-order valence-electron chi connectivity index (χ3n) is 5.93. The number of hydrogen-bond donors (Lipinski definition) is 2. The highest BCUT2D eigenvalue weighted by Crippen LogP contribution is 2.43. The van der Waals surface area contributed by atoms with Crippen molar-refractivity contribution in [2.24, 2.45) is 0 Å². The van der Waals surface area contributed by atoms with E-state index in [2.05, 4.69) is 9.97 Å². The van der Waals surface area contributed by atoms with Crippen LogP contribution in [-0.2, 0) is 6.42 Å². The van der Waals surface area contributed by atoms with E-state index in [1.807, 2.05) is 29.2 Å². The van der Waals surface area contributed by atoms with Crippen LogP contribution in [0.5, 0.6) is 0 Å². The molecule has 1 aliphatic heterocycles. The maximum Gasteiger partial charge on any atom is 0.335 e. The largest absolute Gasteiger partial charge is 0.478 e. The summed E-state index contributed by atoms with van der Waals surface area (Å²) in [5.41, 5.74) is 4.95. The number of rotatable bonds is 2. The highest BCUT2D eigenvalue weighted by Gasteiger charge is 2.41. The van der Waals surface area contributed by atoms with Crippen molar-refractivity contribution in [3.05, 3.63) is 65.0 Å². The molecule has 1 aromatic heterocycles. The number of imidazole rings is 1. The molecule has 5 rings (SSSR count). The summed E-state index contributed by atoms with van der Waals surface area (Å²) in [6, 6.07) is 11.0. The van der Waals surface area contributed by atoms with Crippen LogP contribution in [0.3, 0.4) is 0 Å². The monoisotopic (exact) mass is 361 g/mol. The molecular formula is C21H19N3O3. The summed E-state index contributed by atoms with van der Waals surface area (Å²) in [6.07, 6.45) is 4.33. The number of benzene rings is 2. The van der Waals surface area contributed by atoms with E-state index in [9.17, 15) is 14.7 Å². The van der Waals surface area contributed by atoms with Crippen LogP contribution >= 0.6 is 0 Å². The van der Waals surface area contributed by atoms with Crippen molar-refractivity contribution in [2.45, 2.75) is 31.2 Å². The lowest BCUT2D eigenvalue weighted by atomic mass is 9.87. The van der Waals surface area contributed by atoms with Crippen LogP contribution < -0.4 is 0 Å². The Balaban J connectivity index is 1.47. The van der Waals surface area contributed by atoms with E-state index in [1.54, 1.807) is 18.5 Å². The topological polar surface area (TPSA) is 86.3 Å². The van der Waals surface area contributed by atoms with Gasteiger partial charge in [0.1, 0.15) is 0 Å². The molecule has 2 atom stereocenters. The Morgan fingerprint density at radius 1 is 1.15 bits per heavy atom. The maximum absolute atomic E-state index is 13.2. The lowest BCUT2D eigenvalue weighted by molar-refractivity contribution is 0.0594. The molecule has 1 saturated heterocycles. The molecule has 136 valence electrons. The molecule has 2 heterocycles. The van der Waals surface area contributed by atoms with Gasteiger partial charge >= 0.3 is 5.97 Å². The van der Waals surface area contributed by atoms with Crippen LogP contribution in [0.2, 0.25) is 0 Å². The standard InChI is InChI=1S/C21H19N3O3/c25-20(13-5-6-17-18(9-13)23-11-22-17)24-7-1-2-15-16-8-14(21(26)27)4-3-12(16)10-19(15)24/h3-6,8-9,11,15,19H,1-2,7,10H2,(H,22,23)(H,26,27)/t15-,19+/m0/s1. The Kier molecular flexibility index (Phi) is 3.53. The van der Waals surface area contributed by atoms with Crippen molar-refractivity contribution in [2.75, 3.05) is 6.54 Å². The SMILES string of the molecule is O=C(O)c1ccc2c(c1)[C@@H]1CCCN(C(=O)c3ccc4nc[nH]c4c3)[C@@H]1C2. The van der Waals surface area contributed by atoms with Gasteiger partial charge in [0.2, 0.25) is 0 Å². The molecule has 2 aliphatic rings. The number of nitrogens with one attached hydrogen (secondary N) is 1. The summed E-state index contributed by atoms with van der Waals surface area (Å²) in [7, 11) is 0.